The molecule has 0 saturated carbocycles. The third kappa shape index (κ3) is 1.43. The first-order chi connectivity index (χ1) is 7.76. The number of H-pyrrole nitrogens is 1. The smallest absolute Gasteiger partial charge is 0.212 e. The van der Waals surface area contributed by atoms with Gasteiger partial charge < -0.3 is 10.7 Å². The summed E-state index contributed by atoms with van der Waals surface area (Å²) in [6, 6.07) is 0. The van der Waals surface area contributed by atoms with Gasteiger partial charge in [0.15, 0.2) is 0 Å². The number of aromatic nitrogens is 4. The van der Waals surface area contributed by atoms with E-state index < -0.39 is 0 Å². The Morgan fingerprint density at radius 1 is 1.44 bits per heavy atom. The maximum Gasteiger partial charge on any atom is 0.212 e. The Bertz CT molecular complexity index is 601. The van der Waals surface area contributed by atoms with E-state index in [4.69, 9.17) is 5.73 Å². The second-order valence-electron chi connectivity index (χ2n) is 3.64. The van der Waals surface area contributed by atoms with Crippen molar-refractivity contribution in [2.75, 3.05) is 0 Å². The van der Waals surface area contributed by atoms with Crippen molar-refractivity contribution in [2.45, 2.75) is 13.5 Å². The third-order valence-electron chi connectivity index (χ3n) is 2.35. The Labute approximate surface area is 96.0 Å². The maximum absolute atomic E-state index is 5.53. The van der Waals surface area contributed by atoms with Gasteiger partial charge in [-0.15, -0.1) is 11.3 Å². The Morgan fingerprint density at radius 2 is 2.31 bits per heavy atom. The Kier molecular flexibility index (Phi) is 2.05. The van der Waals surface area contributed by atoms with Crippen LogP contribution in [0.15, 0.2) is 17.8 Å². The molecule has 0 saturated heterocycles. The first-order valence-corrected chi connectivity index (χ1v) is 5.83. The molecule has 0 radical (unpaired) electrons. The summed E-state index contributed by atoms with van der Waals surface area (Å²) >= 11 is 1.57. The number of aryl methyl sites for hydroxylation is 1. The molecule has 0 unspecified atom stereocenters. The van der Waals surface area contributed by atoms with E-state index >= 15 is 0 Å². The average molecular weight is 233 g/mol. The van der Waals surface area contributed by atoms with E-state index in [2.05, 4.69) is 15.0 Å². The minimum absolute atomic E-state index is 0.474. The predicted octanol–water partition coefficient (Wildman–Crippen LogP) is 1.55. The lowest BCUT2D eigenvalue weighted by Gasteiger charge is -1.87. The lowest BCUT2D eigenvalue weighted by atomic mass is 10.4. The summed E-state index contributed by atoms with van der Waals surface area (Å²) in [5, 5.41) is 2.88. The van der Waals surface area contributed by atoms with Crippen LogP contribution in [0.4, 0.5) is 0 Å². The molecule has 3 rings (SSSR count). The van der Waals surface area contributed by atoms with Crippen LogP contribution < -0.4 is 5.73 Å². The van der Waals surface area contributed by atoms with E-state index in [0.717, 1.165) is 27.9 Å². The van der Waals surface area contributed by atoms with Crippen molar-refractivity contribution in [2.24, 2.45) is 5.73 Å². The van der Waals surface area contributed by atoms with Crippen LogP contribution in [0.1, 0.15) is 11.4 Å². The monoisotopic (exact) mass is 233 g/mol. The Hall–Kier alpha value is -1.66. The Balaban J connectivity index is 2.07. The molecule has 6 heteroatoms. The van der Waals surface area contributed by atoms with Crippen LogP contribution in [-0.4, -0.2) is 19.4 Å². The van der Waals surface area contributed by atoms with E-state index in [1.54, 1.807) is 11.3 Å². The molecule has 0 spiro atoms. The van der Waals surface area contributed by atoms with Gasteiger partial charge in [-0.25, -0.2) is 9.97 Å². The molecule has 0 bridgehead atoms. The summed E-state index contributed by atoms with van der Waals surface area (Å²) in [5.41, 5.74) is 8.42. The largest absolute Gasteiger partial charge is 0.328 e. The molecule has 3 aromatic heterocycles. The first kappa shape index (κ1) is 9.56. The maximum atomic E-state index is 5.53. The molecule has 0 aliphatic rings. The van der Waals surface area contributed by atoms with Gasteiger partial charge in [-0.05, 0) is 6.92 Å². The highest BCUT2D eigenvalue weighted by Gasteiger charge is 2.09. The van der Waals surface area contributed by atoms with Crippen molar-refractivity contribution in [3.05, 3.63) is 29.2 Å². The fraction of sp³-hybridized carbons (Fsp3) is 0.200. The van der Waals surface area contributed by atoms with Gasteiger partial charge in [-0.3, -0.25) is 4.40 Å². The molecule has 82 valence electrons. The van der Waals surface area contributed by atoms with Gasteiger partial charge in [0.05, 0.1) is 5.69 Å². The molecule has 0 atom stereocenters. The van der Waals surface area contributed by atoms with Gasteiger partial charge in [0.25, 0.3) is 0 Å². The average Bonchev–Trinajstić information content (AvgIpc) is 2.88. The summed E-state index contributed by atoms with van der Waals surface area (Å²) in [7, 11) is 0. The zero-order valence-corrected chi connectivity index (χ0v) is 9.58. The molecular formula is C10H11N5S. The number of fused-ring (bicyclic) bond motifs is 1. The highest BCUT2D eigenvalue weighted by Crippen LogP contribution is 2.23. The molecular weight excluding hydrogens is 222 g/mol. The first-order valence-electron chi connectivity index (χ1n) is 4.95. The number of imidazole rings is 2. The van der Waals surface area contributed by atoms with Gasteiger partial charge >= 0.3 is 0 Å². The van der Waals surface area contributed by atoms with E-state index in [0.29, 0.717) is 6.54 Å². The molecule has 3 N–H and O–H groups in total. The zero-order chi connectivity index (χ0) is 11.1. The Morgan fingerprint density at radius 3 is 3.00 bits per heavy atom. The van der Waals surface area contributed by atoms with Crippen molar-refractivity contribution >= 4 is 17.1 Å². The lowest BCUT2D eigenvalue weighted by molar-refractivity contribution is 1.01. The number of thiazole rings is 1. The van der Waals surface area contributed by atoms with Crippen LogP contribution in [0, 0.1) is 6.92 Å². The molecule has 3 heterocycles. The number of rotatable bonds is 2. The molecule has 0 aliphatic carbocycles. The van der Waals surface area contributed by atoms with Crippen LogP contribution >= 0.6 is 11.3 Å². The van der Waals surface area contributed by atoms with Crippen LogP contribution in [-0.2, 0) is 6.54 Å². The number of hydrogen-bond donors (Lipinski definition) is 2. The van der Waals surface area contributed by atoms with Crippen LogP contribution in [0.5, 0.6) is 0 Å². The third-order valence-corrected chi connectivity index (χ3v) is 3.27. The van der Waals surface area contributed by atoms with Crippen molar-refractivity contribution < 1.29 is 0 Å². The van der Waals surface area contributed by atoms with Crippen molar-refractivity contribution in [3.8, 4) is 10.7 Å². The van der Waals surface area contributed by atoms with E-state index in [1.807, 2.05) is 29.1 Å². The fourth-order valence-electron chi connectivity index (χ4n) is 1.62. The highest BCUT2D eigenvalue weighted by molar-refractivity contribution is 7.13. The van der Waals surface area contributed by atoms with E-state index in [9.17, 15) is 0 Å². The predicted molar refractivity (Wildman–Crippen MR) is 63.3 cm³/mol. The summed E-state index contributed by atoms with van der Waals surface area (Å²) in [6.07, 6.45) is 3.97. The van der Waals surface area contributed by atoms with E-state index in [-0.39, 0.29) is 0 Å². The summed E-state index contributed by atoms with van der Waals surface area (Å²) in [4.78, 5) is 12.0. The number of nitrogens with two attached hydrogens (primary N) is 1. The van der Waals surface area contributed by atoms with E-state index in [1.165, 1.54) is 0 Å². The SMILES string of the molecule is Cc1cn2cc(-c3nc(CN)cs3)nc2[nH]1. The lowest BCUT2D eigenvalue weighted by Crippen LogP contribution is -1.95. The van der Waals surface area contributed by atoms with Crippen molar-refractivity contribution in [3.63, 3.8) is 0 Å². The second-order valence-corrected chi connectivity index (χ2v) is 4.50. The van der Waals surface area contributed by atoms with Crippen LogP contribution in [0.3, 0.4) is 0 Å². The normalized spacial score (nSPS) is 11.4. The fourth-order valence-corrected chi connectivity index (χ4v) is 2.41. The molecule has 16 heavy (non-hydrogen) atoms. The van der Waals surface area contributed by atoms with Crippen molar-refractivity contribution in [1.29, 1.82) is 0 Å². The summed E-state index contributed by atoms with van der Waals surface area (Å²) in [5.74, 6) is 0.844. The van der Waals surface area contributed by atoms with Gasteiger partial charge in [0.2, 0.25) is 5.78 Å². The molecule has 0 aliphatic heterocycles. The molecule has 3 aromatic rings. The van der Waals surface area contributed by atoms with Gasteiger partial charge in [0, 0.05) is 30.0 Å². The van der Waals surface area contributed by atoms with Crippen LogP contribution in [0.2, 0.25) is 0 Å². The number of nitrogens with one attached hydrogen (secondary N) is 1. The second kappa shape index (κ2) is 3.43. The topological polar surface area (TPSA) is 72.0 Å². The summed E-state index contributed by atoms with van der Waals surface area (Å²) < 4.78 is 1.97. The molecule has 0 fully saturated rings. The highest BCUT2D eigenvalue weighted by atomic mass is 32.1. The van der Waals surface area contributed by atoms with Gasteiger partial charge in [-0.1, -0.05) is 0 Å². The minimum atomic E-state index is 0.474. The number of nitrogens with zero attached hydrogens (tertiary/aromatic N) is 3. The number of hydrogen-bond acceptors (Lipinski definition) is 4. The van der Waals surface area contributed by atoms with Gasteiger partial charge in [-0.2, -0.15) is 0 Å². The summed E-state index contributed by atoms with van der Waals surface area (Å²) in [6.45, 7) is 2.48. The van der Waals surface area contributed by atoms with Crippen molar-refractivity contribution in [1.82, 2.24) is 19.4 Å². The molecule has 0 aromatic carbocycles. The molecule has 5 nitrogen and oxygen atoms in total. The standard InChI is InChI=1S/C10H11N5S/c1-6-3-15-4-8(14-10(15)12-6)9-13-7(2-11)5-16-9/h3-5H,2,11H2,1H3,(H,12,14). The number of aromatic amines is 1. The quantitative estimate of drug-likeness (QED) is 0.705. The van der Waals surface area contributed by atoms with Gasteiger partial charge in [0.1, 0.15) is 10.7 Å². The van der Waals surface area contributed by atoms with Crippen LogP contribution in [0.25, 0.3) is 16.5 Å². The molecule has 0 amide bonds. The minimum Gasteiger partial charge on any atom is -0.328 e. The zero-order valence-electron chi connectivity index (χ0n) is 8.77.